The van der Waals surface area contributed by atoms with Crippen LogP contribution in [0.3, 0.4) is 0 Å². The average Bonchev–Trinajstić information content (AvgIpc) is 2.44. The third-order valence-electron chi connectivity index (χ3n) is 3.26. The van der Waals surface area contributed by atoms with Crippen LogP contribution in [0, 0.1) is 3.57 Å². The van der Waals surface area contributed by atoms with Gasteiger partial charge >= 0.3 is 5.97 Å². The van der Waals surface area contributed by atoms with Gasteiger partial charge in [-0.05, 0) is 34.7 Å². The van der Waals surface area contributed by atoms with Crippen molar-refractivity contribution >= 4 is 40.1 Å². The van der Waals surface area contributed by atoms with E-state index in [1.165, 1.54) is 12.1 Å². The first-order chi connectivity index (χ1) is 9.52. The number of benzene rings is 2. The molecule has 1 N–H and O–H groups in total. The van der Waals surface area contributed by atoms with Crippen molar-refractivity contribution in [3.8, 4) is 0 Å². The zero-order chi connectivity index (χ0) is 14.4. The van der Waals surface area contributed by atoms with Crippen LogP contribution in [0.5, 0.6) is 0 Å². The third-order valence-corrected chi connectivity index (χ3v) is 4.38. The van der Waals surface area contributed by atoms with Gasteiger partial charge in [-0.25, -0.2) is 4.79 Å². The molecule has 98 valence electrons. The molecule has 0 saturated heterocycles. The topological polar surface area (TPSA) is 71.4 Å². The van der Waals surface area contributed by atoms with Crippen molar-refractivity contribution in [2.75, 3.05) is 0 Å². The van der Waals surface area contributed by atoms with Gasteiger partial charge < -0.3 is 5.11 Å². The smallest absolute Gasteiger partial charge is 0.336 e. The molecule has 0 aliphatic heterocycles. The summed E-state index contributed by atoms with van der Waals surface area (Å²) in [7, 11) is 0. The SMILES string of the molecule is O=C(O)c1ccc2c(c1I)C(=O)c1ccccc1C2=O. The largest absolute Gasteiger partial charge is 0.478 e. The van der Waals surface area contributed by atoms with E-state index < -0.39 is 5.97 Å². The van der Waals surface area contributed by atoms with Crippen molar-refractivity contribution in [1.29, 1.82) is 0 Å². The van der Waals surface area contributed by atoms with Crippen molar-refractivity contribution in [2.24, 2.45) is 0 Å². The molecule has 0 bridgehead atoms. The van der Waals surface area contributed by atoms with Gasteiger partial charge in [-0.1, -0.05) is 24.3 Å². The number of aromatic carboxylic acids is 1. The second kappa shape index (κ2) is 4.52. The van der Waals surface area contributed by atoms with Crippen LogP contribution in [-0.2, 0) is 0 Å². The van der Waals surface area contributed by atoms with E-state index in [1.54, 1.807) is 24.3 Å². The van der Waals surface area contributed by atoms with Gasteiger partial charge in [0.05, 0.1) is 5.56 Å². The molecule has 0 radical (unpaired) electrons. The number of rotatable bonds is 1. The minimum atomic E-state index is -1.11. The maximum absolute atomic E-state index is 12.5. The Morgan fingerprint density at radius 1 is 0.900 bits per heavy atom. The molecule has 0 atom stereocenters. The molecule has 3 rings (SSSR count). The van der Waals surface area contributed by atoms with E-state index in [0.29, 0.717) is 14.7 Å². The van der Waals surface area contributed by atoms with Gasteiger partial charge in [0, 0.05) is 25.8 Å². The summed E-state index contributed by atoms with van der Waals surface area (Å²) in [6.07, 6.45) is 0. The summed E-state index contributed by atoms with van der Waals surface area (Å²) < 4.78 is 0.306. The number of fused-ring (bicyclic) bond motifs is 2. The lowest BCUT2D eigenvalue weighted by atomic mass is 9.83. The van der Waals surface area contributed by atoms with E-state index in [9.17, 15) is 14.4 Å². The Balaban J connectivity index is 2.34. The molecular weight excluding hydrogens is 371 g/mol. The van der Waals surface area contributed by atoms with Gasteiger partial charge in [-0.3, -0.25) is 9.59 Å². The first-order valence-corrected chi connectivity index (χ1v) is 6.84. The van der Waals surface area contributed by atoms with Gasteiger partial charge in [0.25, 0.3) is 0 Å². The third kappa shape index (κ3) is 1.70. The zero-order valence-electron chi connectivity index (χ0n) is 10.0. The second-order valence-electron chi connectivity index (χ2n) is 4.36. The molecule has 0 saturated carbocycles. The maximum atomic E-state index is 12.5. The molecule has 2 aromatic rings. The van der Waals surface area contributed by atoms with Crippen LogP contribution >= 0.6 is 22.6 Å². The summed E-state index contributed by atoms with van der Waals surface area (Å²) in [6, 6.07) is 9.35. The molecule has 5 heteroatoms. The highest BCUT2D eigenvalue weighted by molar-refractivity contribution is 14.1. The van der Waals surface area contributed by atoms with E-state index in [4.69, 9.17) is 5.11 Å². The van der Waals surface area contributed by atoms with E-state index in [2.05, 4.69) is 0 Å². The zero-order valence-corrected chi connectivity index (χ0v) is 12.2. The standard InChI is InChI=1S/C15H7IO4/c16-12-10(15(19)20)6-5-9-11(12)14(18)8-4-2-1-3-7(8)13(9)17/h1-6H,(H,19,20). The Morgan fingerprint density at radius 3 is 2.10 bits per heavy atom. The lowest BCUT2D eigenvalue weighted by molar-refractivity contribution is 0.0695. The Kier molecular flexibility index (Phi) is 2.93. The number of hydrogen-bond acceptors (Lipinski definition) is 3. The van der Waals surface area contributed by atoms with Crippen LogP contribution in [0.25, 0.3) is 0 Å². The van der Waals surface area contributed by atoms with Crippen LogP contribution < -0.4 is 0 Å². The Hall–Kier alpha value is -2.02. The van der Waals surface area contributed by atoms with Gasteiger partial charge in [0.1, 0.15) is 0 Å². The number of carboxylic acids is 1. The van der Waals surface area contributed by atoms with Crippen molar-refractivity contribution < 1.29 is 19.5 Å². The van der Waals surface area contributed by atoms with Gasteiger partial charge in [-0.15, -0.1) is 0 Å². The minimum Gasteiger partial charge on any atom is -0.478 e. The molecule has 1 aliphatic carbocycles. The van der Waals surface area contributed by atoms with Crippen LogP contribution in [0.4, 0.5) is 0 Å². The maximum Gasteiger partial charge on any atom is 0.336 e. The predicted octanol–water partition coefficient (Wildman–Crippen LogP) is 2.76. The van der Waals surface area contributed by atoms with Gasteiger partial charge in [0.15, 0.2) is 11.6 Å². The van der Waals surface area contributed by atoms with E-state index in [-0.39, 0.29) is 28.3 Å². The summed E-state index contributed by atoms with van der Waals surface area (Å²) in [5.74, 6) is -1.66. The van der Waals surface area contributed by atoms with E-state index in [0.717, 1.165) is 0 Å². The number of carboxylic acid groups (broad SMARTS) is 1. The quantitative estimate of drug-likeness (QED) is 0.662. The van der Waals surface area contributed by atoms with Gasteiger partial charge in [0.2, 0.25) is 0 Å². The normalized spacial score (nSPS) is 12.8. The molecule has 0 amide bonds. The lowest BCUT2D eigenvalue weighted by Crippen LogP contribution is -2.23. The molecule has 0 unspecified atom stereocenters. The molecular formula is C15H7IO4. The first-order valence-electron chi connectivity index (χ1n) is 5.76. The fourth-order valence-corrected chi connectivity index (χ4v) is 3.26. The molecule has 0 heterocycles. The summed E-state index contributed by atoms with van der Waals surface area (Å²) in [6.45, 7) is 0. The first kappa shape index (κ1) is 13.0. The number of ketones is 2. The second-order valence-corrected chi connectivity index (χ2v) is 5.44. The van der Waals surface area contributed by atoms with Crippen molar-refractivity contribution in [1.82, 2.24) is 0 Å². The molecule has 20 heavy (non-hydrogen) atoms. The Morgan fingerprint density at radius 2 is 1.50 bits per heavy atom. The summed E-state index contributed by atoms with van der Waals surface area (Å²) in [5, 5.41) is 9.11. The highest BCUT2D eigenvalue weighted by Crippen LogP contribution is 2.31. The molecule has 1 aliphatic rings. The highest BCUT2D eigenvalue weighted by Gasteiger charge is 2.32. The average molecular weight is 378 g/mol. The van der Waals surface area contributed by atoms with E-state index >= 15 is 0 Å². The monoisotopic (exact) mass is 378 g/mol. The summed E-state index contributed by atoms with van der Waals surface area (Å²) in [4.78, 5) is 36.0. The number of halogens is 1. The number of carbonyl (C=O) groups excluding carboxylic acids is 2. The summed E-state index contributed by atoms with van der Waals surface area (Å²) >= 11 is 1.81. The fourth-order valence-electron chi connectivity index (χ4n) is 2.31. The van der Waals surface area contributed by atoms with E-state index in [1.807, 2.05) is 22.6 Å². The predicted molar refractivity (Wildman–Crippen MR) is 79.4 cm³/mol. The highest BCUT2D eigenvalue weighted by atomic mass is 127. The number of carbonyl (C=O) groups is 3. The van der Waals surface area contributed by atoms with Crippen LogP contribution in [0.1, 0.15) is 42.2 Å². The summed E-state index contributed by atoms with van der Waals surface area (Å²) in [5.41, 5.74) is 1.18. The van der Waals surface area contributed by atoms with Crippen LogP contribution in [0.2, 0.25) is 0 Å². The van der Waals surface area contributed by atoms with Crippen molar-refractivity contribution in [3.05, 3.63) is 67.8 Å². The molecule has 0 aromatic heterocycles. The molecule has 4 nitrogen and oxygen atoms in total. The molecule has 0 spiro atoms. The van der Waals surface area contributed by atoms with Gasteiger partial charge in [-0.2, -0.15) is 0 Å². The van der Waals surface area contributed by atoms with Crippen LogP contribution in [0.15, 0.2) is 36.4 Å². The number of hydrogen-bond donors (Lipinski definition) is 1. The Bertz CT molecular complexity index is 792. The Labute approximate surface area is 127 Å². The fraction of sp³-hybridized carbons (Fsp3) is 0. The lowest BCUT2D eigenvalue weighted by Gasteiger charge is -2.19. The minimum absolute atomic E-state index is 0.0323. The van der Waals surface area contributed by atoms with Crippen LogP contribution in [-0.4, -0.2) is 22.6 Å². The molecule has 0 fully saturated rings. The molecule has 2 aromatic carbocycles. The van der Waals surface area contributed by atoms with Crippen molar-refractivity contribution in [3.63, 3.8) is 0 Å². The van der Waals surface area contributed by atoms with Crippen molar-refractivity contribution in [2.45, 2.75) is 0 Å².